The van der Waals surface area contributed by atoms with Crippen molar-refractivity contribution in [1.29, 1.82) is 0 Å². The van der Waals surface area contributed by atoms with Gasteiger partial charge in [-0.05, 0) is 65.8 Å². The Kier molecular flexibility index (Phi) is 5.59. The normalized spacial score (nSPS) is 10.2. The molecule has 1 amide bonds. The molecule has 0 saturated heterocycles. The van der Waals surface area contributed by atoms with E-state index in [1.54, 1.807) is 12.1 Å². The first-order valence-electron chi connectivity index (χ1n) is 6.90. The van der Waals surface area contributed by atoms with Gasteiger partial charge in [-0.1, -0.05) is 18.2 Å². The number of halogens is 1. The van der Waals surface area contributed by atoms with Crippen molar-refractivity contribution in [3.63, 3.8) is 0 Å². The number of hydrogen-bond acceptors (Lipinski definition) is 3. The first-order valence-corrected chi connectivity index (χ1v) is 7.98. The molecule has 0 aliphatic rings. The quantitative estimate of drug-likeness (QED) is 0.718. The van der Waals surface area contributed by atoms with Gasteiger partial charge in [0, 0.05) is 3.57 Å². The minimum Gasteiger partial charge on any atom is -0.483 e. The number of amides is 1. The van der Waals surface area contributed by atoms with Crippen molar-refractivity contribution in [2.45, 2.75) is 13.8 Å². The number of carbonyl (C=O) groups excluding carboxylic acids is 1. The van der Waals surface area contributed by atoms with E-state index in [-0.39, 0.29) is 17.9 Å². The van der Waals surface area contributed by atoms with Crippen LogP contribution in [0.3, 0.4) is 0 Å². The maximum absolute atomic E-state index is 12.0. The number of aromatic carboxylic acids is 1. The molecule has 0 aliphatic carbocycles. The van der Waals surface area contributed by atoms with Crippen molar-refractivity contribution in [3.8, 4) is 5.75 Å². The Labute approximate surface area is 147 Å². The Bertz CT molecular complexity index is 738. The maximum Gasteiger partial charge on any atom is 0.337 e. The lowest BCUT2D eigenvalue weighted by atomic mass is 10.1. The van der Waals surface area contributed by atoms with E-state index in [9.17, 15) is 14.7 Å². The summed E-state index contributed by atoms with van der Waals surface area (Å²) in [4.78, 5) is 23.3. The predicted molar refractivity (Wildman–Crippen MR) is 96.2 cm³/mol. The van der Waals surface area contributed by atoms with Crippen molar-refractivity contribution in [2.24, 2.45) is 0 Å². The molecule has 0 atom stereocenters. The Morgan fingerprint density at radius 3 is 2.43 bits per heavy atom. The van der Waals surface area contributed by atoms with Crippen molar-refractivity contribution in [3.05, 3.63) is 56.7 Å². The number of ether oxygens (including phenoxy) is 1. The Balaban J connectivity index is 2.07. The van der Waals surface area contributed by atoms with Crippen LogP contribution in [0, 0.1) is 17.4 Å². The van der Waals surface area contributed by atoms with Gasteiger partial charge in [0.15, 0.2) is 6.61 Å². The average Bonchev–Trinajstić information content (AvgIpc) is 2.48. The topological polar surface area (TPSA) is 75.6 Å². The number of nitrogens with one attached hydrogen (secondary N) is 1. The van der Waals surface area contributed by atoms with E-state index in [0.29, 0.717) is 5.75 Å². The zero-order valence-electron chi connectivity index (χ0n) is 12.7. The second-order valence-corrected chi connectivity index (χ2v) is 6.30. The standard InChI is InChI=1S/C17H16INO4/c1-10-4-3-5-11(2)16(10)23-9-15(20)19-14-7-6-12(18)8-13(14)17(21)22/h3-8H,9H2,1-2H3,(H,19,20)(H,21,22). The maximum atomic E-state index is 12.0. The molecule has 0 unspecified atom stereocenters. The number of carboxylic acid groups (broad SMARTS) is 1. The molecule has 0 saturated carbocycles. The molecule has 2 rings (SSSR count). The number of benzene rings is 2. The molecule has 5 nitrogen and oxygen atoms in total. The lowest BCUT2D eigenvalue weighted by Crippen LogP contribution is -2.22. The first kappa shape index (κ1) is 17.3. The lowest BCUT2D eigenvalue weighted by molar-refractivity contribution is -0.118. The minimum absolute atomic E-state index is 0.0531. The first-order chi connectivity index (χ1) is 10.9. The highest BCUT2D eigenvalue weighted by Gasteiger charge is 2.14. The number of hydrogen-bond donors (Lipinski definition) is 2. The summed E-state index contributed by atoms with van der Waals surface area (Å²) in [5.41, 5.74) is 2.20. The molecule has 2 aromatic carbocycles. The summed E-state index contributed by atoms with van der Waals surface area (Å²) in [7, 11) is 0. The van der Waals surface area contributed by atoms with Crippen LogP contribution in [0.2, 0.25) is 0 Å². The molecular weight excluding hydrogens is 409 g/mol. The van der Waals surface area contributed by atoms with Crippen LogP contribution < -0.4 is 10.1 Å². The Hall–Kier alpha value is -2.09. The number of carboxylic acids is 1. The van der Waals surface area contributed by atoms with Crippen LogP contribution in [-0.2, 0) is 4.79 Å². The van der Waals surface area contributed by atoms with Crippen LogP contribution in [0.25, 0.3) is 0 Å². The molecule has 23 heavy (non-hydrogen) atoms. The summed E-state index contributed by atoms with van der Waals surface area (Å²) in [5, 5.41) is 11.8. The van der Waals surface area contributed by atoms with Gasteiger partial charge in [0.1, 0.15) is 5.75 Å². The highest BCUT2D eigenvalue weighted by Crippen LogP contribution is 2.23. The largest absolute Gasteiger partial charge is 0.483 e. The van der Waals surface area contributed by atoms with Crippen molar-refractivity contribution < 1.29 is 19.4 Å². The highest BCUT2D eigenvalue weighted by molar-refractivity contribution is 14.1. The molecule has 0 heterocycles. The van der Waals surface area contributed by atoms with Gasteiger partial charge in [0.25, 0.3) is 5.91 Å². The van der Waals surface area contributed by atoms with E-state index in [4.69, 9.17) is 4.74 Å². The number of para-hydroxylation sites is 1. The SMILES string of the molecule is Cc1cccc(C)c1OCC(=O)Nc1ccc(I)cc1C(=O)O. The Morgan fingerprint density at radius 2 is 1.83 bits per heavy atom. The van der Waals surface area contributed by atoms with E-state index in [2.05, 4.69) is 5.32 Å². The van der Waals surface area contributed by atoms with E-state index in [0.717, 1.165) is 14.7 Å². The molecule has 0 aromatic heterocycles. The van der Waals surface area contributed by atoms with Crippen LogP contribution in [0.4, 0.5) is 5.69 Å². The van der Waals surface area contributed by atoms with Gasteiger partial charge in [-0.2, -0.15) is 0 Å². The Morgan fingerprint density at radius 1 is 1.17 bits per heavy atom. The van der Waals surface area contributed by atoms with Crippen molar-refractivity contribution >= 4 is 40.2 Å². The van der Waals surface area contributed by atoms with Crippen LogP contribution in [0.15, 0.2) is 36.4 Å². The van der Waals surface area contributed by atoms with E-state index < -0.39 is 11.9 Å². The molecular formula is C17H16INO4. The number of aryl methyl sites for hydroxylation is 2. The van der Waals surface area contributed by atoms with Gasteiger partial charge < -0.3 is 15.2 Å². The second kappa shape index (κ2) is 7.45. The predicted octanol–water partition coefficient (Wildman–Crippen LogP) is 3.62. The fourth-order valence-corrected chi connectivity index (χ4v) is 2.64. The van der Waals surface area contributed by atoms with Gasteiger partial charge in [-0.15, -0.1) is 0 Å². The van der Waals surface area contributed by atoms with E-state index >= 15 is 0 Å². The molecule has 2 aromatic rings. The number of rotatable bonds is 5. The van der Waals surface area contributed by atoms with Crippen LogP contribution >= 0.6 is 22.6 Å². The van der Waals surface area contributed by atoms with E-state index in [1.807, 2.05) is 54.6 Å². The van der Waals surface area contributed by atoms with Crippen LogP contribution in [0.5, 0.6) is 5.75 Å². The fourth-order valence-electron chi connectivity index (χ4n) is 2.15. The third kappa shape index (κ3) is 4.44. The van der Waals surface area contributed by atoms with Crippen molar-refractivity contribution in [2.75, 3.05) is 11.9 Å². The monoisotopic (exact) mass is 425 g/mol. The molecule has 0 aliphatic heterocycles. The van der Waals surface area contributed by atoms with Gasteiger partial charge in [0.2, 0.25) is 0 Å². The van der Waals surface area contributed by atoms with Gasteiger partial charge in [-0.25, -0.2) is 4.79 Å². The highest BCUT2D eigenvalue weighted by atomic mass is 127. The molecule has 6 heteroatoms. The summed E-state index contributed by atoms with van der Waals surface area (Å²) in [5.74, 6) is -0.824. The summed E-state index contributed by atoms with van der Waals surface area (Å²) < 4.78 is 6.35. The fraction of sp³-hybridized carbons (Fsp3) is 0.176. The van der Waals surface area contributed by atoms with Crippen LogP contribution in [-0.4, -0.2) is 23.6 Å². The van der Waals surface area contributed by atoms with E-state index in [1.165, 1.54) is 6.07 Å². The van der Waals surface area contributed by atoms with Gasteiger partial charge >= 0.3 is 5.97 Å². The molecule has 0 fully saturated rings. The van der Waals surface area contributed by atoms with Crippen molar-refractivity contribution in [1.82, 2.24) is 0 Å². The number of anilines is 1. The molecule has 0 radical (unpaired) electrons. The lowest BCUT2D eigenvalue weighted by Gasteiger charge is -2.13. The zero-order valence-corrected chi connectivity index (χ0v) is 14.9. The van der Waals surface area contributed by atoms with Crippen LogP contribution in [0.1, 0.15) is 21.5 Å². The summed E-state index contributed by atoms with van der Waals surface area (Å²) >= 11 is 2.02. The van der Waals surface area contributed by atoms with Gasteiger partial charge in [0.05, 0.1) is 11.3 Å². The summed E-state index contributed by atoms with van der Waals surface area (Å²) in [6.45, 7) is 3.63. The molecule has 0 spiro atoms. The molecule has 0 bridgehead atoms. The number of carbonyl (C=O) groups is 2. The molecule has 120 valence electrons. The third-order valence-electron chi connectivity index (χ3n) is 3.24. The third-order valence-corrected chi connectivity index (χ3v) is 3.91. The average molecular weight is 425 g/mol. The molecule has 2 N–H and O–H groups in total. The summed E-state index contributed by atoms with van der Waals surface area (Å²) in [6.07, 6.45) is 0. The smallest absolute Gasteiger partial charge is 0.337 e. The zero-order chi connectivity index (χ0) is 17.0. The minimum atomic E-state index is -1.09. The second-order valence-electron chi connectivity index (χ2n) is 5.05. The van der Waals surface area contributed by atoms with Gasteiger partial charge in [-0.3, -0.25) is 4.79 Å². The summed E-state index contributed by atoms with van der Waals surface area (Å²) in [6, 6.07) is 10.5.